The van der Waals surface area contributed by atoms with Gasteiger partial charge in [0, 0.05) is 29.0 Å². The summed E-state index contributed by atoms with van der Waals surface area (Å²) < 4.78 is 10.8. The van der Waals surface area contributed by atoms with Crippen LogP contribution in [-0.2, 0) is 17.1 Å². The Kier molecular flexibility index (Phi) is 4.44. The normalized spacial score (nSPS) is 13.3. The average molecular weight is 369 g/mol. The third kappa shape index (κ3) is 3.21. The molecule has 0 unspecified atom stereocenters. The highest BCUT2D eigenvalue weighted by Gasteiger charge is 2.21. The molecule has 1 aliphatic heterocycles. The van der Waals surface area contributed by atoms with Crippen LogP contribution in [0, 0.1) is 17.0 Å². The molecule has 0 radical (unpaired) electrons. The van der Waals surface area contributed by atoms with Gasteiger partial charge in [0.15, 0.2) is 6.79 Å². The van der Waals surface area contributed by atoms with Crippen LogP contribution in [0.25, 0.3) is 11.0 Å². The Morgan fingerprint density at radius 1 is 1.23 bits per heavy atom. The highest BCUT2D eigenvalue weighted by atomic mass is 32.2. The van der Waals surface area contributed by atoms with Gasteiger partial charge in [0.25, 0.3) is 5.69 Å². The van der Waals surface area contributed by atoms with Crippen molar-refractivity contribution < 1.29 is 14.4 Å². The predicted octanol–water partition coefficient (Wildman–Crippen LogP) is 4.01. The van der Waals surface area contributed by atoms with E-state index in [9.17, 15) is 10.1 Å². The van der Waals surface area contributed by atoms with Crippen molar-refractivity contribution in [3.05, 3.63) is 63.3 Å². The smallest absolute Gasteiger partial charge is 0.270 e. The van der Waals surface area contributed by atoms with E-state index in [4.69, 9.17) is 9.47 Å². The summed E-state index contributed by atoms with van der Waals surface area (Å²) in [6.07, 6.45) is 0. The van der Waals surface area contributed by atoms with E-state index in [0.717, 1.165) is 27.3 Å². The Hall–Kier alpha value is -2.71. The van der Waals surface area contributed by atoms with Crippen LogP contribution in [0.5, 0.6) is 5.75 Å². The van der Waals surface area contributed by atoms with Crippen LogP contribution in [-0.4, -0.2) is 21.7 Å². The molecule has 8 heteroatoms. The van der Waals surface area contributed by atoms with Gasteiger partial charge in [-0.15, -0.1) is 0 Å². The molecule has 3 aromatic rings. The highest BCUT2D eigenvalue weighted by molar-refractivity contribution is 7.98. The van der Waals surface area contributed by atoms with Crippen molar-refractivity contribution in [2.24, 2.45) is 0 Å². The molecule has 0 atom stereocenters. The van der Waals surface area contributed by atoms with Gasteiger partial charge in [0.1, 0.15) is 10.8 Å². The van der Waals surface area contributed by atoms with E-state index in [1.54, 1.807) is 6.07 Å². The van der Waals surface area contributed by atoms with Crippen LogP contribution >= 0.6 is 11.8 Å². The largest absolute Gasteiger partial charge is 0.467 e. The van der Waals surface area contributed by atoms with Crippen LogP contribution in [0.1, 0.15) is 16.8 Å². The number of nitro groups is 1. The summed E-state index contributed by atoms with van der Waals surface area (Å²) in [5.74, 6) is 1.17. The maximum Gasteiger partial charge on any atom is 0.270 e. The van der Waals surface area contributed by atoms with Crippen LogP contribution < -0.4 is 4.74 Å². The standard InChI is InChI=1S/C18H15N3O4S/c1-11-18(20-16-5-3-2-4-15(16)19-11)26-9-13-7-14(21(22)23)6-12-8-24-10-25-17(12)13/h2-7H,8-10H2,1H3. The number of nitro benzene ring substituents is 1. The van der Waals surface area contributed by atoms with Crippen LogP contribution in [0.3, 0.4) is 0 Å². The summed E-state index contributed by atoms with van der Waals surface area (Å²) in [6, 6.07) is 10.8. The van der Waals surface area contributed by atoms with Gasteiger partial charge in [-0.1, -0.05) is 23.9 Å². The van der Waals surface area contributed by atoms with Crippen molar-refractivity contribution >= 4 is 28.5 Å². The molecule has 2 heterocycles. The van der Waals surface area contributed by atoms with E-state index in [1.807, 2.05) is 31.2 Å². The first-order chi connectivity index (χ1) is 12.6. The van der Waals surface area contributed by atoms with Crippen molar-refractivity contribution in [1.29, 1.82) is 0 Å². The number of hydrogen-bond acceptors (Lipinski definition) is 7. The predicted molar refractivity (Wildman–Crippen MR) is 97.2 cm³/mol. The molecule has 7 nitrogen and oxygen atoms in total. The minimum atomic E-state index is -0.399. The first-order valence-corrected chi connectivity index (χ1v) is 8.97. The lowest BCUT2D eigenvalue weighted by Gasteiger charge is -2.20. The zero-order chi connectivity index (χ0) is 18.1. The molecule has 0 saturated heterocycles. The lowest BCUT2D eigenvalue weighted by atomic mass is 10.1. The molecular formula is C18H15N3O4S. The molecule has 0 spiro atoms. The summed E-state index contributed by atoms with van der Waals surface area (Å²) >= 11 is 1.49. The zero-order valence-electron chi connectivity index (χ0n) is 14.0. The molecule has 0 amide bonds. The van der Waals surface area contributed by atoms with E-state index in [2.05, 4.69) is 9.97 Å². The number of non-ortho nitro benzene ring substituents is 1. The Bertz CT molecular complexity index is 1010. The number of rotatable bonds is 4. The molecule has 0 bridgehead atoms. The third-order valence-electron chi connectivity index (χ3n) is 4.05. The van der Waals surface area contributed by atoms with E-state index in [1.165, 1.54) is 17.8 Å². The second-order valence-corrected chi connectivity index (χ2v) is 6.82. The van der Waals surface area contributed by atoms with Crippen LogP contribution in [0.15, 0.2) is 41.4 Å². The molecule has 26 heavy (non-hydrogen) atoms. The molecule has 0 aliphatic carbocycles. The molecule has 1 aliphatic rings. The maximum atomic E-state index is 11.2. The van der Waals surface area contributed by atoms with E-state index >= 15 is 0 Å². The number of ether oxygens (including phenoxy) is 2. The second kappa shape index (κ2) is 6.89. The van der Waals surface area contributed by atoms with Gasteiger partial charge in [-0.2, -0.15) is 0 Å². The van der Waals surface area contributed by atoms with Crippen molar-refractivity contribution in [1.82, 2.24) is 9.97 Å². The molecule has 0 saturated carbocycles. The van der Waals surface area contributed by atoms with Crippen molar-refractivity contribution in [2.45, 2.75) is 24.3 Å². The Morgan fingerprint density at radius 2 is 2.00 bits per heavy atom. The molecule has 0 fully saturated rings. The molecular weight excluding hydrogens is 354 g/mol. The van der Waals surface area contributed by atoms with Gasteiger partial charge in [-0.3, -0.25) is 10.1 Å². The summed E-state index contributed by atoms with van der Waals surface area (Å²) in [7, 11) is 0. The van der Waals surface area contributed by atoms with Crippen LogP contribution in [0.2, 0.25) is 0 Å². The fourth-order valence-corrected chi connectivity index (χ4v) is 3.77. The molecule has 1 aromatic heterocycles. The zero-order valence-corrected chi connectivity index (χ0v) is 14.8. The number of nitrogens with zero attached hydrogens (tertiary/aromatic N) is 3. The van der Waals surface area contributed by atoms with Crippen molar-refractivity contribution in [3.8, 4) is 5.75 Å². The Balaban J connectivity index is 1.66. The molecule has 4 rings (SSSR count). The topological polar surface area (TPSA) is 87.4 Å². The van der Waals surface area contributed by atoms with Gasteiger partial charge >= 0.3 is 0 Å². The molecule has 0 N–H and O–H groups in total. The highest BCUT2D eigenvalue weighted by Crippen LogP contribution is 2.36. The second-order valence-electron chi connectivity index (χ2n) is 5.85. The minimum Gasteiger partial charge on any atom is -0.467 e. The van der Waals surface area contributed by atoms with E-state index < -0.39 is 4.92 Å². The number of hydrogen-bond donors (Lipinski definition) is 0. The lowest BCUT2D eigenvalue weighted by Crippen LogP contribution is -2.13. The first-order valence-electron chi connectivity index (χ1n) is 7.99. The molecule has 132 valence electrons. The number of aromatic nitrogens is 2. The van der Waals surface area contributed by atoms with Crippen LogP contribution in [0.4, 0.5) is 5.69 Å². The van der Waals surface area contributed by atoms with Gasteiger partial charge in [-0.25, -0.2) is 9.97 Å². The minimum absolute atomic E-state index is 0.0368. The molecule has 2 aromatic carbocycles. The summed E-state index contributed by atoms with van der Waals surface area (Å²) in [5.41, 5.74) is 4.00. The number of para-hydroxylation sites is 2. The summed E-state index contributed by atoms with van der Waals surface area (Å²) in [6.45, 7) is 2.37. The van der Waals surface area contributed by atoms with Gasteiger partial charge < -0.3 is 9.47 Å². The fraction of sp³-hybridized carbons (Fsp3) is 0.222. The fourth-order valence-electron chi connectivity index (χ4n) is 2.85. The number of aryl methyl sites for hydroxylation is 1. The third-order valence-corrected chi connectivity index (χ3v) is 5.16. The van der Waals surface area contributed by atoms with Gasteiger partial charge in [0.2, 0.25) is 0 Å². The number of fused-ring (bicyclic) bond motifs is 2. The lowest BCUT2D eigenvalue weighted by molar-refractivity contribution is -0.385. The monoisotopic (exact) mass is 369 g/mol. The first kappa shape index (κ1) is 16.7. The maximum absolute atomic E-state index is 11.2. The quantitative estimate of drug-likeness (QED) is 0.390. The summed E-state index contributed by atoms with van der Waals surface area (Å²) in [5, 5.41) is 12.0. The number of thioether (sulfide) groups is 1. The Labute approximate surface area is 153 Å². The van der Waals surface area contributed by atoms with E-state index in [-0.39, 0.29) is 12.5 Å². The van der Waals surface area contributed by atoms with Gasteiger partial charge in [-0.05, 0) is 19.1 Å². The summed E-state index contributed by atoms with van der Waals surface area (Å²) in [4.78, 5) is 20.0. The SMILES string of the molecule is Cc1nc2ccccc2nc1SCc1cc([N+](=O)[O-])cc2c1OCOC2. The van der Waals surface area contributed by atoms with E-state index in [0.29, 0.717) is 23.7 Å². The average Bonchev–Trinajstić information content (AvgIpc) is 2.65. The number of benzene rings is 2. The van der Waals surface area contributed by atoms with Crippen molar-refractivity contribution in [2.75, 3.05) is 6.79 Å². The van der Waals surface area contributed by atoms with Gasteiger partial charge in [0.05, 0.1) is 28.3 Å². The van der Waals surface area contributed by atoms with Crippen molar-refractivity contribution in [3.63, 3.8) is 0 Å². The Morgan fingerprint density at radius 3 is 2.77 bits per heavy atom.